The largest absolute Gasteiger partial charge is 0.358 e. The monoisotopic (exact) mass is 765 g/mol. The molecule has 0 fully saturated rings. The van der Waals surface area contributed by atoms with Gasteiger partial charge in [-0.05, 0) is 22.3 Å². The van der Waals surface area contributed by atoms with Gasteiger partial charge in [0.15, 0.2) is 0 Å². The summed E-state index contributed by atoms with van der Waals surface area (Å²) >= 11 is 0. The van der Waals surface area contributed by atoms with E-state index in [1.165, 1.54) is 22.3 Å². The van der Waals surface area contributed by atoms with Crippen LogP contribution >= 0.6 is 0 Å². The Hall–Kier alpha value is -0.912. The predicted octanol–water partition coefficient (Wildman–Crippen LogP) is 14.9. The molecule has 0 aromatic heterocycles. The average molecular weight is 766 g/mol. The first-order valence-corrected chi connectivity index (χ1v) is 16.5. The van der Waals surface area contributed by atoms with Gasteiger partial charge in [0.05, 0.1) is 0 Å². The van der Waals surface area contributed by atoms with Crippen molar-refractivity contribution in [3.05, 3.63) is 165 Å². The van der Waals surface area contributed by atoms with Crippen LogP contribution in [0.1, 0.15) is 131 Å². The quantitative estimate of drug-likeness (QED) is 0.178. The van der Waals surface area contributed by atoms with Gasteiger partial charge < -0.3 is 21.3 Å². The summed E-state index contributed by atoms with van der Waals surface area (Å²) in [7, 11) is 0. The molecule has 252 valence electrons. The van der Waals surface area contributed by atoms with Gasteiger partial charge in [-0.2, -0.15) is 13.8 Å². The maximum atomic E-state index is 3.25. The van der Waals surface area contributed by atoms with E-state index >= 15 is 0 Å². The van der Waals surface area contributed by atoms with Crippen LogP contribution in [-0.2, 0) is 65.4 Å². The second-order valence-corrected chi connectivity index (χ2v) is 6.60. The minimum absolute atomic E-state index is 0. The van der Waals surface area contributed by atoms with Gasteiger partial charge in [0, 0.05) is 77.3 Å². The summed E-state index contributed by atoms with van der Waals surface area (Å²) in [5.41, 5.74) is 5.38. The number of rotatable bonds is 5. The van der Waals surface area contributed by atoms with Gasteiger partial charge >= 0.3 is 0 Å². The van der Waals surface area contributed by atoms with Crippen molar-refractivity contribution >= 4 is 0 Å². The molecule has 0 heterocycles. The van der Waals surface area contributed by atoms with Gasteiger partial charge in [-0.3, -0.25) is 0 Å². The van der Waals surface area contributed by atoms with Crippen LogP contribution < -0.4 is 0 Å². The Labute approximate surface area is 335 Å². The Bertz CT molecular complexity index is 764. The molecule has 0 saturated carbocycles. The van der Waals surface area contributed by atoms with Gasteiger partial charge in [-0.15, -0.1) is 0 Å². The van der Waals surface area contributed by atoms with Gasteiger partial charge in [0.2, 0.25) is 0 Å². The first-order chi connectivity index (χ1) is 20.9. The molecular formula is C43H71Y2-3. The molecule has 0 unspecified atom stereocenters. The third kappa shape index (κ3) is 27.9. The minimum Gasteiger partial charge on any atom is -0.358 e. The number of benzene rings is 4. The minimum atomic E-state index is 0. The van der Waals surface area contributed by atoms with Crippen molar-refractivity contribution in [1.82, 2.24) is 0 Å². The second-order valence-electron chi connectivity index (χ2n) is 6.60. The Kier molecular flexibility index (Phi) is 77.5. The molecule has 2 heteroatoms. The van der Waals surface area contributed by atoms with E-state index in [2.05, 4.69) is 135 Å². The molecule has 4 aromatic rings. The van der Waals surface area contributed by atoms with Gasteiger partial charge in [-0.25, -0.2) is 0 Å². The Balaban J connectivity index is -0.000000106. The van der Waals surface area contributed by atoms with E-state index in [9.17, 15) is 0 Å². The van der Waals surface area contributed by atoms with E-state index in [1.807, 2.05) is 83.1 Å². The average Bonchev–Trinajstić information content (AvgIpc) is 3.15. The van der Waals surface area contributed by atoms with Crippen molar-refractivity contribution in [2.75, 3.05) is 0 Å². The summed E-state index contributed by atoms with van der Waals surface area (Å²) in [6.07, 6.45) is 0. The molecule has 0 atom stereocenters. The third-order valence-corrected chi connectivity index (χ3v) is 4.97. The van der Waals surface area contributed by atoms with Crippen LogP contribution in [0, 0.1) is 21.3 Å². The molecule has 2 radical (unpaired) electrons. The van der Waals surface area contributed by atoms with E-state index in [1.54, 1.807) is 13.8 Å². The van der Waals surface area contributed by atoms with Crippen molar-refractivity contribution in [3.63, 3.8) is 0 Å². The second kappa shape index (κ2) is 55.5. The molecule has 0 aliphatic rings. The summed E-state index contributed by atoms with van der Waals surface area (Å²) in [4.78, 5) is 0. The van der Waals surface area contributed by atoms with Gasteiger partial charge in [0.25, 0.3) is 0 Å². The molecular weight excluding hydrogens is 694 g/mol. The summed E-state index contributed by atoms with van der Waals surface area (Å²) in [6, 6.07) is 43.4. The van der Waals surface area contributed by atoms with Crippen LogP contribution in [-0.4, -0.2) is 0 Å². The molecule has 0 aliphatic heterocycles. The normalized spacial score (nSPS) is 7.42. The van der Waals surface area contributed by atoms with Crippen LogP contribution in [0.5, 0.6) is 0 Å². The van der Waals surface area contributed by atoms with E-state index in [-0.39, 0.29) is 84.7 Å². The van der Waals surface area contributed by atoms with Gasteiger partial charge in [-0.1, -0.05) is 204 Å². The molecule has 0 aliphatic carbocycles. The van der Waals surface area contributed by atoms with Gasteiger partial charge in [0.1, 0.15) is 0 Å². The Morgan fingerprint density at radius 3 is 0.511 bits per heavy atom. The van der Waals surface area contributed by atoms with Crippen molar-refractivity contribution in [2.24, 2.45) is 0 Å². The molecule has 0 amide bonds. The van der Waals surface area contributed by atoms with E-state index in [0.717, 1.165) is 0 Å². The fourth-order valence-corrected chi connectivity index (χ4v) is 3.80. The zero-order valence-electron chi connectivity index (χ0n) is 32.3. The van der Waals surface area contributed by atoms with Crippen LogP contribution in [0.2, 0.25) is 0 Å². The van der Waals surface area contributed by atoms with Crippen LogP contribution in [0.4, 0.5) is 0 Å². The molecule has 0 saturated heterocycles. The topological polar surface area (TPSA) is 0 Å². The summed E-state index contributed by atoms with van der Waals surface area (Å²) < 4.78 is 0. The van der Waals surface area contributed by atoms with E-state index in [0.29, 0.717) is 0 Å². The summed E-state index contributed by atoms with van der Waals surface area (Å²) in [6.45, 7) is 34.0. The van der Waals surface area contributed by atoms with E-state index < -0.39 is 0 Å². The van der Waals surface area contributed by atoms with Crippen molar-refractivity contribution in [3.8, 4) is 0 Å². The SMILES string of the molecule is CC.CC.CC.CC.CC.CC.[CH2-]C.[CH2-]C.[CH3-].[Y].[Y].c1ccc(C(c2ccccc2)C(c2ccccc2)c2ccccc2)cc1. The van der Waals surface area contributed by atoms with Crippen molar-refractivity contribution < 1.29 is 65.4 Å². The van der Waals surface area contributed by atoms with Crippen LogP contribution in [0.3, 0.4) is 0 Å². The maximum Gasteiger partial charge on any atom is 0.0199 e. The molecule has 0 spiro atoms. The predicted molar refractivity (Wildman–Crippen MR) is 206 cm³/mol. The molecule has 0 bridgehead atoms. The number of hydrogen-bond donors (Lipinski definition) is 0. The summed E-state index contributed by atoms with van der Waals surface area (Å²) in [5.74, 6) is 0.532. The Morgan fingerprint density at radius 1 is 0.289 bits per heavy atom. The fraction of sp³-hybridized carbons (Fsp3) is 0.372. The Morgan fingerprint density at radius 2 is 0.400 bits per heavy atom. The van der Waals surface area contributed by atoms with Crippen molar-refractivity contribution in [1.29, 1.82) is 0 Å². The smallest absolute Gasteiger partial charge is 0.0199 e. The summed E-state index contributed by atoms with van der Waals surface area (Å²) in [5, 5.41) is 0. The van der Waals surface area contributed by atoms with Crippen LogP contribution in [0.25, 0.3) is 0 Å². The number of hydrogen-bond acceptors (Lipinski definition) is 0. The maximum absolute atomic E-state index is 3.25. The van der Waals surface area contributed by atoms with Crippen molar-refractivity contribution in [2.45, 2.75) is 109 Å². The van der Waals surface area contributed by atoms with Crippen LogP contribution in [0.15, 0.2) is 121 Å². The first kappa shape index (κ1) is 62.9. The standard InChI is InChI=1S/C26H22.6C2H6.2C2H5.CH3.2Y/c1-5-13-21(14-6-1)25(22-15-7-2-8-16-22)26(23-17-9-3-10-18-23)24-19-11-4-12-20-24;8*1-2;;;/h1-20,25-26H;6*1-2H3;2*1H2,2H3;1H3;;/q;;;;;;;3*-1;;. The zero-order valence-corrected chi connectivity index (χ0v) is 37.9. The first-order valence-electron chi connectivity index (χ1n) is 16.5. The molecule has 0 N–H and O–H groups in total. The molecule has 4 aromatic carbocycles. The zero-order chi connectivity index (χ0) is 33.6. The third-order valence-electron chi connectivity index (χ3n) is 4.97. The fourth-order valence-electron chi connectivity index (χ4n) is 3.80. The van der Waals surface area contributed by atoms with E-state index in [4.69, 9.17) is 0 Å². The molecule has 0 nitrogen and oxygen atoms in total. The molecule has 45 heavy (non-hydrogen) atoms. The molecule has 4 rings (SSSR count).